The number of aliphatic hydroxyl groups excluding tert-OH is 1. The van der Waals surface area contributed by atoms with Crippen molar-refractivity contribution in [1.82, 2.24) is 20.2 Å². The molecule has 1 aliphatic rings. The molecule has 0 radical (unpaired) electrons. The van der Waals surface area contributed by atoms with E-state index >= 15 is 0 Å². The summed E-state index contributed by atoms with van der Waals surface area (Å²) in [6.07, 6.45) is 0.729. The van der Waals surface area contributed by atoms with E-state index in [4.69, 9.17) is 4.42 Å². The minimum Gasteiger partial charge on any atom is -0.415 e. The minimum absolute atomic E-state index is 0.0660. The summed E-state index contributed by atoms with van der Waals surface area (Å²) in [6.45, 7) is 0. The fourth-order valence-electron chi connectivity index (χ4n) is 3.07. The maximum Gasteiger partial charge on any atom is 0.314 e. The minimum atomic E-state index is -2.83. The zero-order valence-electron chi connectivity index (χ0n) is 13.5. The third kappa shape index (κ3) is 3.01. The Balaban J connectivity index is 1.55. The summed E-state index contributed by atoms with van der Waals surface area (Å²) in [5, 5.41) is 19.9. The predicted molar refractivity (Wildman–Crippen MR) is 87.3 cm³/mol. The molecule has 0 amide bonds. The zero-order chi connectivity index (χ0) is 18.1. The van der Waals surface area contributed by atoms with Crippen molar-refractivity contribution in [3.8, 4) is 11.5 Å². The molecule has 0 atom stereocenters. The first-order chi connectivity index (χ1) is 12.6. The lowest BCUT2D eigenvalue weighted by molar-refractivity contribution is 0.0315. The smallest absolute Gasteiger partial charge is 0.314 e. The fourth-order valence-corrected chi connectivity index (χ4v) is 3.07. The largest absolute Gasteiger partial charge is 0.415 e. The van der Waals surface area contributed by atoms with E-state index in [2.05, 4.69) is 25.5 Å². The van der Waals surface area contributed by atoms with Crippen LogP contribution in [0.4, 0.5) is 14.7 Å². The van der Waals surface area contributed by atoms with Crippen LogP contribution in [0.2, 0.25) is 0 Å². The Morgan fingerprint density at radius 3 is 2.38 bits per heavy atom. The number of hydrogen-bond acceptors (Lipinski definition) is 7. The molecule has 1 saturated carbocycles. The molecule has 3 aromatic rings. The van der Waals surface area contributed by atoms with Gasteiger partial charge in [-0.3, -0.25) is 0 Å². The van der Waals surface area contributed by atoms with Gasteiger partial charge in [-0.25, -0.2) is 9.97 Å². The molecule has 134 valence electrons. The number of benzene rings is 1. The molecule has 0 saturated heterocycles. The normalized spacial score (nSPS) is 22.2. The Labute approximate surface area is 147 Å². The van der Waals surface area contributed by atoms with Crippen LogP contribution in [0.15, 0.2) is 47.1 Å². The van der Waals surface area contributed by atoms with Gasteiger partial charge in [-0.15, -0.1) is 10.2 Å². The third-order valence-electron chi connectivity index (χ3n) is 4.37. The second-order valence-electron chi connectivity index (χ2n) is 6.18. The second-order valence-corrected chi connectivity index (χ2v) is 6.18. The van der Waals surface area contributed by atoms with Crippen molar-refractivity contribution in [1.29, 1.82) is 0 Å². The third-order valence-corrected chi connectivity index (χ3v) is 4.37. The SMILES string of the molecule is OC1CC(Nc2ncc(-c3nnc(C(F)F)o3)cn2)(c2ccccc2)C1. The van der Waals surface area contributed by atoms with Gasteiger partial charge in [0.15, 0.2) is 0 Å². The van der Waals surface area contributed by atoms with E-state index in [0.717, 1.165) is 5.56 Å². The molecule has 4 rings (SSSR count). The van der Waals surface area contributed by atoms with Crippen molar-refractivity contribution in [2.45, 2.75) is 30.9 Å². The average molecular weight is 359 g/mol. The standard InChI is InChI=1S/C17H15F2N5O2/c18-13(19)15-24-23-14(26-15)10-8-20-16(21-9-10)22-17(6-12(25)7-17)11-4-2-1-3-5-11/h1-5,8-9,12-13,25H,6-7H2,(H,20,21,22). The monoisotopic (exact) mass is 359 g/mol. The molecule has 7 nitrogen and oxygen atoms in total. The summed E-state index contributed by atoms with van der Waals surface area (Å²) < 4.78 is 29.9. The Bertz CT molecular complexity index is 880. The molecule has 0 unspecified atom stereocenters. The van der Waals surface area contributed by atoms with Crippen LogP contribution in [-0.2, 0) is 5.54 Å². The Hall–Kier alpha value is -2.94. The van der Waals surface area contributed by atoms with Crippen molar-refractivity contribution in [3.05, 3.63) is 54.2 Å². The van der Waals surface area contributed by atoms with Gasteiger partial charge in [-0.1, -0.05) is 30.3 Å². The van der Waals surface area contributed by atoms with E-state index < -0.39 is 17.9 Å². The van der Waals surface area contributed by atoms with Crippen molar-refractivity contribution >= 4 is 5.95 Å². The van der Waals surface area contributed by atoms with E-state index in [9.17, 15) is 13.9 Å². The zero-order valence-corrected chi connectivity index (χ0v) is 13.5. The highest BCUT2D eigenvalue weighted by atomic mass is 19.3. The second kappa shape index (κ2) is 6.41. The fraction of sp³-hybridized carbons (Fsp3) is 0.294. The molecule has 2 heterocycles. The highest BCUT2D eigenvalue weighted by Crippen LogP contribution is 2.43. The van der Waals surface area contributed by atoms with E-state index in [0.29, 0.717) is 24.4 Å². The molecular weight excluding hydrogens is 344 g/mol. The quantitative estimate of drug-likeness (QED) is 0.723. The number of alkyl halides is 2. The summed E-state index contributed by atoms with van der Waals surface area (Å²) >= 11 is 0. The summed E-state index contributed by atoms with van der Waals surface area (Å²) in [5.41, 5.74) is 0.948. The predicted octanol–water partition coefficient (Wildman–Crippen LogP) is 2.93. The molecule has 1 fully saturated rings. The van der Waals surface area contributed by atoms with Gasteiger partial charge < -0.3 is 14.8 Å². The van der Waals surface area contributed by atoms with Gasteiger partial charge in [0.25, 0.3) is 11.8 Å². The lowest BCUT2D eigenvalue weighted by Gasteiger charge is -2.46. The molecule has 2 N–H and O–H groups in total. The van der Waals surface area contributed by atoms with Crippen LogP contribution in [0.5, 0.6) is 0 Å². The van der Waals surface area contributed by atoms with Crippen LogP contribution in [0.1, 0.15) is 30.7 Å². The average Bonchev–Trinajstić information content (AvgIpc) is 3.12. The van der Waals surface area contributed by atoms with Crippen LogP contribution in [0.25, 0.3) is 11.5 Å². The maximum atomic E-state index is 12.5. The number of hydrogen-bond donors (Lipinski definition) is 2. The van der Waals surface area contributed by atoms with Gasteiger partial charge in [-0.05, 0) is 5.56 Å². The molecule has 2 aromatic heterocycles. The number of aromatic nitrogens is 4. The van der Waals surface area contributed by atoms with Gasteiger partial charge in [-0.2, -0.15) is 8.78 Å². The number of nitrogens with one attached hydrogen (secondary N) is 1. The first kappa shape index (κ1) is 16.5. The number of aliphatic hydroxyl groups is 1. The molecular formula is C17H15F2N5O2. The van der Waals surface area contributed by atoms with Crippen LogP contribution >= 0.6 is 0 Å². The number of rotatable bonds is 5. The topological polar surface area (TPSA) is 97.0 Å². The van der Waals surface area contributed by atoms with Crippen LogP contribution in [-0.4, -0.2) is 31.4 Å². The summed E-state index contributed by atoms with van der Waals surface area (Å²) in [6, 6.07) is 9.76. The Morgan fingerprint density at radius 2 is 1.81 bits per heavy atom. The molecule has 26 heavy (non-hydrogen) atoms. The highest BCUT2D eigenvalue weighted by molar-refractivity contribution is 5.51. The molecule has 1 aliphatic carbocycles. The number of anilines is 1. The summed E-state index contributed by atoms with van der Waals surface area (Å²) in [7, 11) is 0. The van der Waals surface area contributed by atoms with Gasteiger partial charge >= 0.3 is 6.43 Å². The van der Waals surface area contributed by atoms with Gasteiger partial charge in [0.05, 0.1) is 17.2 Å². The van der Waals surface area contributed by atoms with E-state index in [-0.39, 0.29) is 12.0 Å². The Morgan fingerprint density at radius 1 is 1.12 bits per heavy atom. The van der Waals surface area contributed by atoms with Crippen LogP contribution in [0, 0.1) is 0 Å². The summed E-state index contributed by atoms with van der Waals surface area (Å²) in [5.74, 6) is -0.449. The van der Waals surface area contributed by atoms with Gasteiger partial charge in [0.1, 0.15) is 0 Å². The van der Waals surface area contributed by atoms with Crippen molar-refractivity contribution in [3.63, 3.8) is 0 Å². The van der Waals surface area contributed by atoms with E-state index in [1.165, 1.54) is 12.4 Å². The Kier molecular flexibility index (Phi) is 4.08. The van der Waals surface area contributed by atoms with Crippen LogP contribution in [0.3, 0.4) is 0 Å². The summed E-state index contributed by atoms with van der Waals surface area (Å²) in [4.78, 5) is 8.41. The number of halogens is 2. The molecule has 1 aromatic carbocycles. The van der Waals surface area contributed by atoms with Gasteiger partial charge in [0, 0.05) is 25.2 Å². The van der Waals surface area contributed by atoms with Gasteiger partial charge in [0.2, 0.25) is 5.95 Å². The van der Waals surface area contributed by atoms with Crippen molar-refractivity contribution in [2.75, 3.05) is 5.32 Å². The maximum absolute atomic E-state index is 12.5. The molecule has 0 aliphatic heterocycles. The van der Waals surface area contributed by atoms with Crippen molar-refractivity contribution < 1.29 is 18.3 Å². The lowest BCUT2D eigenvalue weighted by atomic mass is 9.70. The molecule has 0 bridgehead atoms. The van der Waals surface area contributed by atoms with Crippen LogP contribution < -0.4 is 5.32 Å². The lowest BCUT2D eigenvalue weighted by Crippen LogP contribution is -2.50. The first-order valence-electron chi connectivity index (χ1n) is 8.01. The van der Waals surface area contributed by atoms with E-state index in [1.54, 1.807) is 0 Å². The first-order valence-corrected chi connectivity index (χ1v) is 8.01. The highest BCUT2D eigenvalue weighted by Gasteiger charge is 2.45. The molecule has 0 spiro atoms. The number of nitrogens with zero attached hydrogens (tertiary/aromatic N) is 4. The van der Waals surface area contributed by atoms with E-state index in [1.807, 2.05) is 30.3 Å². The van der Waals surface area contributed by atoms with Crippen molar-refractivity contribution in [2.24, 2.45) is 0 Å². The molecule has 9 heteroatoms.